The Morgan fingerprint density at radius 3 is 2.67 bits per heavy atom. The topological polar surface area (TPSA) is 66.9 Å². The molecule has 24 heavy (non-hydrogen) atoms. The molecule has 2 heterocycles. The fourth-order valence-electron chi connectivity index (χ4n) is 3.46. The van der Waals surface area contributed by atoms with Crippen LogP contribution in [-0.4, -0.2) is 62.1 Å². The van der Waals surface area contributed by atoms with Gasteiger partial charge in [-0.1, -0.05) is 12.7 Å². The van der Waals surface area contributed by atoms with E-state index in [1.165, 1.54) is 10.6 Å². The smallest absolute Gasteiger partial charge is 0.254 e. The van der Waals surface area contributed by atoms with Crippen LogP contribution in [0.15, 0.2) is 36.9 Å². The molecule has 1 amide bonds. The van der Waals surface area contributed by atoms with Crippen molar-refractivity contribution in [2.75, 3.05) is 32.5 Å². The number of nitrogens with zero attached hydrogens (tertiary/aromatic N) is 2. The normalized spacial score (nSPS) is 24.0. The molecule has 0 aromatic heterocycles. The van der Waals surface area contributed by atoms with Gasteiger partial charge in [-0.25, -0.2) is 8.42 Å². The predicted molar refractivity (Wildman–Crippen MR) is 91.5 cm³/mol. The summed E-state index contributed by atoms with van der Waals surface area (Å²) in [6.45, 7) is 5.61. The van der Waals surface area contributed by atoms with Crippen LogP contribution in [0, 0.1) is 5.92 Å². The second-order valence-corrected chi connectivity index (χ2v) is 8.30. The highest BCUT2D eigenvalue weighted by Gasteiger charge is 2.45. The third-order valence-corrected chi connectivity index (χ3v) is 5.95. The van der Waals surface area contributed by atoms with Gasteiger partial charge in [-0.05, 0) is 36.6 Å². The van der Waals surface area contributed by atoms with Crippen LogP contribution in [0.25, 0.3) is 0 Å². The Bertz CT molecular complexity index is 729. The van der Waals surface area contributed by atoms with Gasteiger partial charge < -0.3 is 9.64 Å². The van der Waals surface area contributed by atoms with E-state index in [4.69, 9.17) is 4.74 Å². The minimum absolute atomic E-state index is 0.0242. The summed E-state index contributed by atoms with van der Waals surface area (Å²) >= 11 is 0. The lowest BCUT2D eigenvalue weighted by Gasteiger charge is -2.24. The molecule has 0 N–H and O–H groups in total. The highest BCUT2D eigenvalue weighted by atomic mass is 32.2. The summed E-state index contributed by atoms with van der Waals surface area (Å²) in [5, 5.41) is 0. The highest BCUT2D eigenvalue weighted by molar-refractivity contribution is 7.88. The van der Waals surface area contributed by atoms with Crippen LogP contribution in [0.4, 0.5) is 0 Å². The number of hydrogen-bond donors (Lipinski definition) is 0. The molecule has 0 saturated carbocycles. The number of sulfonamides is 1. The van der Waals surface area contributed by atoms with Gasteiger partial charge in [-0.2, -0.15) is 4.31 Å². The maximum Gasteiger partial charge on any atom is 0.254 e. The number of carbonyl (C=O) groups excluding carboxylic acids is 1. The molecule has 3 rings (SSSR count). The first-order chi connectivity index (χ1) is 11.4. The first-order valence-corrected chi connectivity index (χ1v) is 9.85. The summed E-state index contributed by atoms with van der Waals surface area (Å²) in [5.41, 5.74) is 0.597. The number of hydrogen-bond acceptors (Lipinski definition) is 4. The Morgan fingerprint density at radius 1 is 1.33 bits per heavy atom. The van der Waals surface area contributed by atoms with Crippen LogP contribution in [0.5, 0.6) is 5.75 Å². The summed E-state index contributed by atoms with van der Waals surface area (Å²) in [6, 6.07) is 7.00. The number of likely N-dealkylation sites (tertiary alicyclic amines) is 1. The molecule has 0 unspecified atom stereocenters. The van der Waals surface area contributed by atoms with Gasteiger partial charge in [0.1, 0.15) is 12.4 Å². The van der Waals surface area contributed by atoms with E-state index >= 15 is 0 Å². The zero-order valence-corrected chi connectivity index (χ0v) is 14.5. The van der Waals surface area contributed by atoms with Crippen molar-refractivity contribution in [1.29, 1.82) is 0 Å². The van der Waals surface area contributed by atoms with E-state index in [1.807, 2.05) is 4.90 Å². The molecule has 1 aromatic carbocycles. The molecule has 0 radical (unpaired) electrons. The largest absolute Gasteiger partial charge is 0.490 e. The van der Waals surface area contributed by atoms with Crippen LogP contribution in [0.2, 0.25) is 0 Å². The lowest BCUT2D eigenvalue weighted by atomic mass is 10.0. The molecule has 2 fully saturated rings. The summed E-state index contributed by atoms with van der Waals surface area (Å²) < 4.78 is 30.4. The molecular formula is C17H22N2O4S. The number of benzene rings is 1. The van der Waals surface area contributed by atoms with Gasteiger partial charge in [0.15, 0.2) is 0 Å². The number of rotatable bonds is 5. The van der Waals surface area contributed by atoms with Gasteiger partial charge in [0.25, 0.3) is 5.91 Å². The lowest BCUT2D eigenvalue weighted by molar-refractivity contribution is 0.0732. The van der Waals surface area contributed by atoms with E-state index in [2.05, 4.69) is 6.58 Å². The van der Waals surface area contributed by atoms with Gasteiger partial charge in [-0.15, -0.1) is 0 Å². The Balaban J connectivity index is 1.70. The van der Waals surface area contributed by atoms with Crippen molar-refractivity contribution in [1.82, 2.24) is 9.21 Å². The third-order valence-electron chi connectivity index (χ3n) is 4.71. The average Bonchev–Trinajstić information content (AvgIpc) is 3.13. The van der Waals surface area contributed by atoms with Crippen molar-refractivity contribution in [3.8, 4) is 5.75 Å². The number of carbonyl (C=O) groups is 1. The second kappa shape index (κ2) is 6.57. The SMILES string of the molecule is C=CCOc1ccc(C(=O)N2CC[C@H]3CN(S(C)(=O)=O)C[C@H]32)cc1. The fourth-order valence-corrected chi connectivity index (χ4v) is 4.35. The molecule has 2 saturated heterocycles. The van der Waals surface area contributed by atoms with E-state index in [0.29, 0.717) is 37.6 Å². The van der Waals surface area contributed by atoms with Crippen molar-refractivity contribution >= 4 is 15.9 Å². The number of ether oxygens (including phenoxy) is 1. The van der Waals surface area contributed by atoms with Crippen LogP contribution >= 0.6 is 0 Å². The molecule has 0 spiro atoms. The monoisotopic (exact) mass is 350 g/mol. The molecule has 7 heteroatoms. The quantitative estimate of drug-likeness (QED) is 0.752. The van der Waals surface area contributed by atoms with Gasteiger partial charge >= 0.3 is 0 Å². The molecule has 6 nitrogen and oxygen atoms in total. The predicted octanol–water partition coefficient (Wildman–Crippen LogP) is 1.36. The Labute approximate surface area is 142 Å². The summed E-state index contributed by atoms with van der Waals surface area (Å²) in [4.78, 5) is 14.6. The van der Waals surface area contributed by atoms with E-state index in [1.54, 1.807) is 30.3 Å². The molecule has 2 aliphatic heterocycles. The molecule has 1 aromatic rings. The Morgan fingerprint density at radius 2 is 2.04 bits per heavy atom. The zero-order chi connectivity index (χ0) is 17.3. The fraction of sp³-hybridized carbons (Fsp3) is 0.471. The van der Waals surface area contributed by atoms with Crippen LogP contribution < -0.4 is 4.74 Å². The second-order valence-electron chi connectivity index (χ2n) is 6.32. The van der Waals surface area contributed by atoms with Gasteiger partial charge in [0, 0.05) is 31.2 Å². The van der Waals surface area contributed by atoms with Crippen molar-refractivity contribution in [2.45, 2.75) is 12.5 Å². The van der Waals surface area contributed by atoms with Crippen molar-refractivity contribution in [3.63, 3.8) is 0 Å². The van der Waals surface area contributed by atoms with Crippen LogP contribution in [0.1, 0.15) is 16.8 Å². The Hall–Kier alpha value is -1.86. The maximum atomic E-state index is 12.8. The minimum Gasteiger partial charge on any atom is -0.490 e. The van der Waals surface area contributed by atoms with Gasteiger partial charge in [-0.3, -0.25) is 4.79 Å². The minimum atomic E-state index is -3.20. The average molecular weight is 350 g/mol. The molecule has 130 valence electrons. The standard InChI is InChI=1S/C17H22N2O4S/c1-3-10-23-15-6-4-13(5-7-15)17(20)19-9-8-14-11-18(12-16(14)19)24(2,21)22/h3-7,14,16H,1,8-12H2,2H3/t14-,16+/m0/s1. The molecule has 2 aliphatic rings. The van der Waals surface area contributed by atoms with Gasteiger partial charge in [0.2, 0.25) is 10.0 Å². The van der Waals surface area contributed by atoms with Crippen molar-refractivity contribution in [2.24, 2.45) is 5.92 Å². The summed E-state index contributed by atoms with van der Waals surface area (Å²) in [5.74, 6) is 0.877. The van der Waals surface area contributed by atoms with Crippen LogP contribution in [-0.2, 0) is 10.0 Å². The first-order valence-electron chi connectivity index (χ1n) is 8.00. The van der Waals surface area contributed by atoms with E-state index in [0.717, 1.165) is 6.42 Å². The zero-order valence-electron chi connectivity index (χ0n) is 13.7. The highest BCUT2D eigenvalue weighted by Crippen LogP contribution is 2.33. The number of amides is 1. The first kappa shape index (κ1) is 17.0. The van der Waals surface area contributed by atoms with Crippen LogP contribution in [0.3, 0.4) is 0 Å². The van der Waals surface area contributed by atoms with Crippen molar-refractivity contribution in [3.05, 3.63) is 42.5 Å². The van der Waals surface area contributed by atoms with E-state index in [-0.39, 0.29) is 17.9 Å². The maximum absolute atomic E-state index is 12.8. The van der Waals surface area contributed by atoms with E-state index in [9.17, 15) is 13.2 Å². The molecule has 0 aliphatic carbocycles. The molecule has 0 bridgehead atoms. The summed E-state index contributed by atoms with van der Waals surface area (Å²) in [7, 11) is -3.20. The number of fused-ring (bicyclic) bond motifs is 1. The molecular weight excluding hydrogens is 328 g/mol. The Kier molecular flexibility index (Phi) is 4.64. The third kappa shape index (κ3) is 3.32. The molecule has 2 atom stereocenters. The summed E-state index contributed by atoms with van der Waals surface area (Å²) in [6.07, 6.45) is 3.74. The van der Waals surface area contributed by atoms with Crippen molar-refractivity contribution < 1.29 is 17.9 Å². The van der Waals surface area contributed by atoms with E-state index < -0.39 is 10.0 Å². The van der Waals surface area contributed by atoms with Gasteiger partial charge in [0.05, 0.1) is 6.26 Å². The lowest BCUT2D eigenvalue weighted by Crippen LogP contribution is -2.40.